The van der Waals surface area contributed by atoms with Crippen LogP contribution in [-0.2, 0) is 24.4 Å². The molecule has 54 heavy (non-hydrogen) atoms. The van der Waals surface area contributed by atoms with Gasteiger partial charge in [-0.15, -0.1) is 0 Å². The van der Waals surface area contributed by atoms with Gasteiger partial charge < -0.3 is 19.1 Å². The number of nitrogens with zero attached hydrogens (tertiary/aromatic N) is 3. The van der Waals surface area contributed by atoms with Crippen LogP contribution in [0, 0.1) is 13.8 Å². The number of rotatable bonds is 14. The largest absolute Gasteiger partial charge is 0.493 e. The fraction of sp³-hybridized carbons (Fsp3) is 0.304. The van der Waals surface area contributed by atoms with Crippen LogP contribution in [-0.4, -0.2) is 53.5 Å². The Morgan fingerprint density at radius 1 is 0.815 bits per heavy atom. The number of hydrogen-bond acceptors (Lipinski definition) is 6. The first-order valence-corrected chi connectivity index (χ1v) is 19.1. The molecule has 1 saturated heterocycles. The van der Waals surface area contributed by atoms with E-state index in [-0.39, 0.29) is 5.91 Å². The number of carbonyl (C=O) groups is 1. The van der Waals surface area contributed by atoms with Crippen molar-refractivity contribution in [1.82, 2.24) is 14.8 Å². The van der Waals surface area contributed by atoms with E-state index in [1.807, 2.05) is 36.9 Å². The Hall–Kier alpha value is -5.11. The number of ether oxygens (including phenoxy) is 3. The molecule has 1 aromatic heterocycles. The van der Waals surface area contributed by atoms with Crippen molar-refractivity contribution in [1.29, 1.82) is 0 Å². The van der Waals surface area contributed by atoms with Crippen LogP contribution in [0.5, 0.6) is 23.1 Å². The normalized spacial score (nSPS) is 13.6. The van der Waals surface area contributed by atoms with Gasteiger partial charge in [-0.25, -0.2) is 4.98 Å². The van der Waals surface area contributed by atoms with Crippen molar-refractivity contribution >= 4 is 23.1 Å². The first kappa shape index (κ1) is 38.6. The number of pyridine rings is 1. The number of benzene rings is 4. The van der Waals surface area contributed by atoms with Gasteiger partial charge in [0.15, 0.2) is 5.75 Å². The molecule has 280 valence electrons. The van der Waals surface area contributed by atoms with Crippen LogP contribution in [0.15, 0.2) is 109 Å². The molecule has 8 heteroatoms. The Balaban J connectivity index is 0.944. The average molecular weight is 744 g/mol. The summed E-state index contributed by atoms with van der Waals surface area (Å²) in [6.45, 7) is 15.3. The number of halogens is 1. The lowest BCUT2D eigenvalue weighted by atomic mass is 10.0. The van der Waals surface area contributed by atoms with E-state index < -0.39 is 0 Å². The Bertz CT molecular complexity index is 1990. The van der Waals surface area contributed by atoms with E-state index in [0.29, 0.717) is 54.6 Å². The predicted molar refractivity (Wildman–Crippen MR) is 218 cm³/mol. The highest BCUT2D eigenvalue weighted by atomic mass is 35.5. The van der Waals surface area contributed by atoms with Crippen molar-refractivity contribution in [3.63, 3.8) is 0 Å². The number of aromatic nitrogens is 1. The molecule has 0 spiro atoms. The van der Waals surface area contributed by atoms with Gasteiger partial charge in [0, 0.05) is 51.3 Å². The number of carbonyl (C=O) groups excluding carboxylic acids is 1. The number of piperazine rings is 1. The lowest BCUT2D eigenvalue weighted by molar-refractivity contribution is -0.127. The number of allylic oxidation sites excluding steroid dienone is 1. The molecule has 0 atom stereocenters. The maximum absolute atomic E-state index is 13.3. The van der Waals surface area contributed by atoms with E-state index in [9.17, 15) is 4.79 Å². The summed E-state index contributed by atoms with van der Waals surface area (Å²) in [5.74, 6) is 3.04. The molecule has 0 N–H and O–H groups in total. The van der Waals surface area contributed by atoms with Crippen LogP contribution < -0.4 is 14.2 Å². The topological polar surface area (TPSA) is 64.1 Å². The zero-order chi connectivity index (χ0) is 38.0. The molecule has 0 unspecified atom stereocenters. The first-order valence-electron chi connectivity index (χ1n) is 18.7. The van der Waals surface area contributed by atoms with Gasteiger partial charge in [0.05, 0.1) is 17.8 Å². The molecule has 2 heterocycles. The second-order valence-corrected chi connectivity index (χ2v) is 14.8. The smallest absolute Gasteiger partial charge is 0.246 e. The molecule has 1 fully saturated rings. The third kappa shape index (κ3) is 10.7. The number of aryl methyl sites for hydroxylation is 2. The molecule has 0 radical (unpaired) electrons. The van der Waals surface area contributed by atoms with Crippen molar-refractivity contribution in [2.45, 2.75) is 60.1 Å². The molecule has 1 aliphatic heterocycles. The third-order valence-electron chi connectivity index (χ3n) is 9.79. The summed E-state index contributed by atoms with van der Waals surface area (Å²) < 4.78 is 17.9. The maximum atomic E-state index is 13.3. The van der Waals surface area contributed by atoms with Crippen LogP contribution in [0.25, 0.3) is 5.57 Å². The summed E-state index contributed by atoms with van der Waals surface area (Å²) >= 11 is 6.71. The highest BCUT2D eigenvalue weighted by Gasteiger charge is 2.21. The van der Waals surface area contributed by atoms with Crippen LogP contribution >= 0.6 is 11.6 Å². The zero-order valence-corrected chi connectivity index (χ0v) is 32.7. The summed E-state index contributed by atoms with van der Waals surface area (Å²) in [6, 6.07) is 32.8. The van der Waals surface area contributed by atoms with E-state index >= 15 is 0 Å². The molecule has 7 nitrogen and oxygen atoms in total. The van der Waals surface area contributed by atoms with E-state index in [0.717, 1.165) is 54.1 Å². The maximum Gasteiger partial charge on any atom is 0.246 e. The molecule has 5 aromatic rings. The van der Waals surface area contributed by atoms with Gasteiger partial charge in [-0.2, -0.15) is 0 Å². The molecule has 1 aliphatic rings. The van der Waals surface area contributed by atoms with Gasteiger partial charge in [0.2, 0.25) is 11.8 Å². The number of amides is 1. The van der Waals surface area contributed by atoms with E-state index in [4.69, 9.17) is 25.8 Å². The Morgan fingerprint density at radius 2 is 1.48 bits per heavy atom. The van der Waals surface area contributed by atoms with Gasteiger partial charge in [0.1, 0.15) is 18.1 Å². The molecule has 0 aliphatic carbocycles. The van der Waals surface area contributed by atoms with Gasteiger partial charge in [-0.3, -0.25) is 9.69 Å². The van der Waals surface area contributed by atoms with Crippen LogP contribution in [0.2, 0.25) is 5.02 Å². The van der Waals surface area contributed by atoms with E-state index in [1.54, 1.807) is 18.3 Å². The summed E-state index contributed by atoms with van der Waals surface area (Å²) in [4.78, 5) is 22.0. The molecule has 6 rings (SSSR count). The minimum Gasteiger partial charge on any atom is -0.493 e. The highest BCUT2D eigenvalue weighted by molar-refractivity contribution is 6.32. The quantitative estimate of drug-likeness (QED) is 0.106. The van der Waals surface area contributed by atoms with Gasteiger partial charge in [0.25, 0.3) is 0 Å². The Labute approximate surface area is 325 Å². The third-order valence-corrected chi connectivity index (χ3v) is 10.1. The van der Waals surface area contributed by atoms with Crippen molar-refractivity contribution in [2.75, 3.05) is 32.8 Å². The highest BCUT2D eigenvalue weighted by Crippen LogP contribution is 2.35. The SMILES string of the molecule is CC(=CC(=O)N1CCN(Cc2ccc(CCOc3ccc(C(C)C)cc3)cc2)CC1)c1cc(C)c(Oc2ccc(OCc3ccc(C)cc3)cn2)c(Cl)c1. The predicted octanol–water partition coefficient (Wildman–Crippen LogP) is 10.2. The Morgan fingerprint density at radius 3 is 2.13 bits per heavy atom. The second-order valence-electron chi connectivity index (χ2n) is 14.4. The zero-order valence-electron chi connectivity index (χ0n) is 32.0. The fourth-order valence-corrected chi connectivity index (χ4v) is 6.65. The molecule has 0 saturated carbocycles. The van der Waals surface area contributed by atoms with Gasteiger partial charge >= 0.3 is 0 Å². The lowest BCUT2D eigenvalue weighted by Crippen LogP contribution is -2.47. The monoisotopic (exact) mass is 743 g/mol. The van der Waals surface area contributed by atoms with Crippen molar-refractivity contribution in [2.24, 2.45) is 0 Å². The minimum absolute atomic E-state index is 0.0116. The van der Waals surface area contributed by atoms with Crippen molar-refractivity contribution < 1.29 is 19.0 Å². The Kier molecular flexibility index (Phi) is 13.1. The van der Waals surface area contributed by atoms with Crippen LogP contribution in [0.1, 0.15) is 65.6 Å². The molecular weight excluding hydrogens is 694 g/mol. The fourth-order valence-electron chi connectivity index (χ4n) is 6.35. The van der Waals surface area contributed by atoms with Crippen molar-refractivity contribution in [3.8, 4) is 23.1 Å². The van der Waals surface area contributed by atoms with Crippen LogP contribution in [0.3, 0.4) is 0 Å². The van der Waals surface area contributed by atoms with Gasteiger partial charge in [-0.05, 0) is 96.0 Å². The summed E-state index contributed by atoms with van der Waals surface area (Å²) in [7, 11) is 0. The standard InChI is InChI=1S/C46H50ClN3O4/c1-32(2)39-14-16-41(17-15-39)52-25-20-36-10-12-37(13-11-36)30-49-21-23-50(24-22-49)45(51)27-34(4)40-26-35(5)46(43(47)28-40)54-44-19-18-42(29-48-44)53-31-38-8-6-33(3)7-9-38/h6-19,26-29,32H,20-25,30-31H2,1-5H3. The first-order chi connectivity index (χ1) is 26.1. The minimum atomic E-state index is 0.0116. The summed E-state index contributed by atoms with van der Waals surface area (Å²) in [6.07, 6.45) is 4.21. The molecule has 4 aromatic carbocycles. The van der Waals surface area contributed by atoms with E-state index in [1.165, 1.54) is 22.3 Å². The summed E-state index contributed by atoms with van der Waals surface area (Å²) in [5.41, 5.74) is 8.73. The van der Waals surface area contributed by atoms with Crippen molar-refractivity contribution in [3.05, 3.63) is 153 Å². The molecule has 0 bridgehead atoms. The summed E-state index contributed by atoms with van der Waals surface area (Å²) in [5, 5.41) is 0.453. The number of hydrogen-bond donors (Lipinski definition) is 0. The van der Waals surface area contributed by atoms with Gasteiger partial charge in [-0.1, -0.05) is 91.7 Å². The molecule has 1 amide bonds. The lowest BCUT2D eigenvalue weighted by Gasteiger charge is -2.34. The molecular formula is C46H50ClN3O4. The van der Waals surface area contributed by atoms with Crippen LogP contribution in [0.4, 0.5) is 0 Å². The second kappa shape index (κ2) is 18.3. The van der Waals surface area contributed by atoms with E-state index in [2.05, 4.69) is 103 Å². The average Bonchev–Trinajstić information content (AvgIpc) is 3.17.